The lowest BCUT2D eigenvalue weighted by Gasteiger charge is -2.20. The normalized spacial score (nSPS) is 21.3. The second-order valence-corrected chi connectivity index (χ2v) is 7.62. The first-order valence-electron chi connectivity index (χ1n) is 9.89. The van der Waals surface area contributed by atoms with E-state index in [2.05, 4.69) is 79.8 Å². The van der Waals surface area contributed by atoms with E-state index in [4.69, 9.17) is 0 Å². The van der Waals surface area contributed by atoms with Gasteiger partial charge < -0.3 is 0 Å². The van der Waals surface area contributed by atoms with E-state index >= 15 is 0 Å². The van der Waals surface area contributed by atoms with Gasteiger partial charge in [-0.15, -0.1) is 0 Å². The number of rotatable bonds is 7. The Balaban J connectivity index is 1.31. The zero-order valence-corrected chi connectivity index (χ0v) is 15.2. The molecule has 0 nitrogen and oxygen atoms in total. The van der Waals surface area contributed by atoms with Gasteiger partial charge in [0.1, 0.15) is 0 Å². The maximum absolute atomic E-state index is 2.41. The summed E-state index contributed by atoms with van der Waals surface area (Å²) in [6, 6.07) is 17.8. The summed E-state index contributed by atoms with van der Waals surface area (Å²) in [5.41, 5.74) is 5.91. The smallest absolute Gasteiger partial charge is 0.00273 e. The third-order valence-corrected chi connectivity index (χ3v) is 6.16. The van der Waals surface area contributed by atoms with Crippen LogP contribution in [0.3, 0.4) is 0 Å². The minimum atomic E-state index is 0.636. The van der Waals surface area contributed by atoms with Gasteiger partial charge >= 0.3 is 0 Å². The van der Waals surface area contributed by atoms with Crippen LogP contribution in [0.5, 0.6) is 0 Å². The predicted molar refractivity (Wildman–Crippen MR) is 109 cm³/mol. The fourth-order valence-corrected chi connectivity index (χ4v) is 4.53. The summed E-state index contributed by atoms with van der Waals surface area (Å²) in [6.07, 6.45) is 16.0. The summed E-state index contributed by atoms with van der Waals surface area (Å²) < 4.78 is 0. The minimum Gasteiger partial charge on any atom is -0.0764 e. The molecular weight excluding hydrogens is 300 g/mol. The second kappa shape index (κ2) is 7.44. The van der Waals surface area contributed by atoms with Crippen molar-refractivity contribution in [3.63, 3.8) is 0 Å². The Labute approximate surface area is 152 Å². The van der Waals surface area contributed by atoms with Crippen molar-refractivity contribution in [2.45, 2.75) is 50.9 Å². The summed E-state index contributed by atoms with van der Waals surface area (Å²) in [6.45, 7) is 2.36. The molecule has 2 aromatic rings. The van der Waals surface area contributed by atoms with Gasteiger partial charge in [-0.1, -0.05) is 86.2 Å². The van der Waals surface area contributed by atoms with Crippen molar-refractivity contribution in [1.29, 1.82) is 0 Å². The van der Waals surface area contributed by atoms with Gasteiger partial charge in [0.25, 0.3) is 0 Å². The molecule has 2 aromatic carbocycles. The summed E-state index contributed by atoms with van der Waals surface area (Å²) >= 11 is 0. The fraction of sp³-hybridized carbons (Fsp3) is 0.360. The molecule has 2 aliphatic carbocycles. The average molecular weight is 328 g/mol. The van der Waals surface area contributed by atoms with Crippen LogP contribution in [0.15, 0.2) is 60.7 Å². The molecule has 4 rings (SSSR count). The Bertz CT molecular complexity index is 715. The molecule has 0 aromatic heterocycles. The first-order valence-corrected chi connectivity index (χ1v) is 9.89. The lowest BCUT2D eigenvalue weighted by atomic mass is 9.85. The van der Waals surface area contributed by atoms with E-state index in [1.54, 1.807) is 0 Å². The van der Waals surface area contributed by atoms with E-state index in [-0.39, 0.29) is 0 Å². The second-order valence-electron chi connectivity index (χ2n) is 7.62. The maximum Gasteiger partial charge on any atom is 0.00273 e. The van der Waals surface area contributed by atoms with Gasteiger partial charge in [0.2, 0.25) is 0 Å². The van der Waals surface area contributed by atoms with Crippen LogP contribution < -0.4 is 0 Å². The molecule has 0 N–H and O–H groups in total. The van der Waals surface area contributed by atoms with Crippen LogP contribution in [-0.4, -0.2) is 0 Å². The van der Waals surface area contributed by atoms with Crippen molar-refractivity contribution in [3.05, 3.63) is 82.9 Å². The van der Waals surface area contributed by atoms with Gasteiger partial charge in [0.05, 0.1) is 0 Å². The van der Waals surface area contributed by atoms with Crippen molar-refractivity contribution >= 4 is 12.2 Å². The van der Waals surface area contributed by atoms with Gasteiger partial charge in [-0.3, -0.25) is 0 Å². The van der Waals surface area contributed by atoms with Crippen LogP contribution in [0.25, 0.3) is 12.2 Å². The molecule has 0 saturated carbocycles. The van der Waals surface area contributed by atoms with Crippen molar-refractivity contribution < 1.29 is 0 Å². The molecule has 25 heavy (non-hydrogen) atoms. The molecule has 2 atom stereocenters. The molecule has 0 heteroatoms. The Morgan fingerprint density at radius 1 is 0.720 bits per heavy atom. The van der Waals surface area contributed by atoms with E-state index < -0.39 is 0 Å². The van der Waals surface area contributed by atoms with Crippen molar-refractivity contribution in [1.82, 2.24) is 0 Å². The molecule has 0 fully saturated rings. The Hall–Kier alpha value is -2.08. The Morgan fingerprint density at radius 2 is 1.20 bits per heavy atom. The highest BCUT2D eigenvalue weighted by atomic mass is 14.3. The van der Waals surface area contributed by atoms with E-state index in [0.29, 0.717) is 11.8 Å². The van der Waals surface area contributed by atoms with Crippen LogP contribution in [0.1, 0.15) is 73.1 Å². The highest BCUT2D eigenvalue weighted by Gasteiger charge is 2.20. The number of benzene rings is 2. The zero-order chi connectivity index (χ0) is 17.1. The molecule has 0 bridgehead atoms. The highest BCUT2D eigenvalue weighted by Crippen LogP contribution is 2.37. The molecule has 0 spiro atoms. The molecule has 2 aliphatic rings. The average Bonchev–Trinajstić information content (AvgIpc) is 3.26. The first kappa shape index (κ1) is 16.4. The van der Waals surface area contributed by atoms with Crippen molar-refractivity contribution in [2.24, 2.45) is 5.92 Å². The predicted octanol–water partition coefficient (Wildman–Crippen LogP) is 7.19. The van der Waals surface area contributed by atoms with E-state index in [0.717, 1.165) is 5.92 Å². The van der Waals surface area contributed by atoms with E-state index in [1.165, 1.54) is 54.4 Å². The highest BCUT2D eigenvalue weighted by molar-refractivity contribution is 5.62. The molecular formula is C25H28. The third-order valence-electron chi connectivity index (χ3n) is 6.16. The van der Waals surface area contributed by atoms with E-state index in [9.17, 15) is 0 Å². The van der Waals surface area contributed by atoms with Crippen molar-refractivity contribution in [3.8, 4) is 0 Å². The van der Waals surface area contributed by atoms with Crippen LogP contribution >= 0.6 is 0 Å². The van der Waals surface area contributed by atoms with Crippen LogP contribution in [0, 0.1) is 5.92 Å². The van der Waals surface area contributed by atoms with Gasteiger partial charge in [0, 0.05) is 11.8 Å². The lowest BCUT2D eigenvalue weighted by Crippen LogP contribution is -2.05. The quantitative estimate of drug-likeness (QED) is 0.504. The zero-order valence-electron chi connectivity index (χ0n) is 15.2. The molecule has 0 radical (unpaired) electrons. The van der Waals surface area contributed by atoms with Gasteiger partial charge in [0.15, 0.2) is 0 Å². The molecule has 0 heterocycles. The SMILES string of the molecule is CCC(CCC1C=Cc2ccccc21)CCC1C=Cc2ccccc21. The molecule has 0 saturated heterocycles. The Morgan fingerprint density at radius 3 is 1.68 bits per heavy atom. The summed E-state index contributed by atoms with van der Waals surface area (Å²) in [5.74, 6) is 2.12. The van der Waals surface area contributed by atoms with Gasteiger partial charge in [-0.05, 0) is 53.9 Å². The summed E-state index contributed by atoms with van der Waals surface area (Å²) in [4.78, 5) is 0. The largest absolute Gasteiger partial charge is 0.0764 e. The van der Waals surface area contributed by atoms with Crippen molar-refractivity contribution in [2.75, 3.05) is 0 Å². The number of fused-ring (bicyclic) bond motifs is 2. The number of hydrogen-bond donors (Lipinski definition) is 0. The van der Waals surface area contributed by atoms with Crippen LogP contribution in [0.2, 0.25) is 0 Å². The number of hydrogen-bond acceptors (Lipinski definition) is 0. The molecule has 0 aliphatic heterocycles. The Kier molecular flexibility index (Phi) is 4.88. The third kappa shape index (κ3) is 3.49. The topological polar surface area (TPSA) is 0 Å². The molecule has 2 unspecified atom stereocenters. The minimum absolute atomic E-state index is 0.636. The summed E-state index contributed by atoms with van der Waals surface area (Å²) in [7, 11) is 0. The monoisotopic (exact) mass is 328 g/mol. The van der Waals surface area contributed by atoms with Gasteiger partial charge in [-0.25, -0.2) is 0 Å². The first-order chi connectivity index (χ1) is 12.3. The van der Waals surface area contributed by atoms with Crippen LogP contribution in [-0.2, 0) is 0 Å². The number of allylic oxidation sites excluding steroid dienone is 2. The van der Waals surface area contributed by atoms with Gasteiger partial charge in [-0.2, -0.15) is 0 Å². The van der Waals surface area contributed by atoms with Crippen LogP contribution in [0.4, 0.5) is 0 Å². The molecule has 128 valence electrons. The standard InChI is InChI=1S/C25H28/c1-2-19(11-13-22-17-15-20-7-3-5-9-24(20)22)12-14-23-18-16-21-8-4-6-10-25(21)23/h3-10,15-19,22-23H,2,11-14H2,1H3. The summed E-state index contributed by atoms with van der Waals surface area (Å²) in [5, 5.41) is 0. The van der Waals surface area contributed by atoms with E-state index in [1.807, 2.05) is 0 Å². The fourth-order valence-electron chi connectivity index (χ4n) is 4.53. The maximum atomic E-state index is 2.41. The lowest BCUT2D eigenvalue weighted by molar-refractivity contribution is 0.399. The molecule has 0 amide bonds.